The molecule has 2 saturated heterocycles. The molecule has 0 bridgehead atoms. The monoisotopic (exact) mass is 390 g/mol. The Labute approximate surface area is 175 Å². The average molecular weight is 390 g/mol. The first-order chi connectivity index (χ1) is 11.8. The van der Waals surface area contributed by atoms with Crippen LogP contribution >= 0.6 is 11.3 Å². The Morgan fingerprint density at radius 1 is 1.42 bits per heavy atom. The molecule has 0 spiro atoms. The van der Waals surface area contributed by atoms with Crippen LogP contribution in [0, 0.1) is 0 Å². The van der Waals surface area contributed by atoms with Crippen LogP contribution in [-0.2, 0) is 28.8 Å². The van der Waals surface area contributed by atoms with Gasteiger partial charge in [-0.15, -0.1) is 11.3 Å². The van der Waals surface area contributed by atoms with Crippen molar-refractivity contribution in [2.24, 2.45) is 0 Å². The van der Waals surface area contributed by atoms with Crippen molar-refractivity contribution < 1.29 is 63.4 Å². The molecular formula is C15H15N2NaO7S. The van der Waals surface area contributed by atoms with Gasteiger partial charge in [-0.25, -0.2) is 0 Å². The van der Waals surface area contributed by atoms with Crippen LogP contribution in [0.25, 0.3) is 0 Å². The van der Waals surface area contributed by atoms with Crippen LogP contribution in [0.4, 0.5) is 5.00 Å². The van der Waals surface area contributed by atoms with Gasteiger partial charge >= 0.3 is 35.5 Å². The maximum Gasteiger partial charge on any atom is 1.00 e. The van der Waals surface area contributed by atoms with E-state index in [0.29, 0.717) is 10.1 Å². The van der Waals surface area contributed by atoms with Gasteiger partial charge in [-0.3, -0.25) is 24.1 Å². The average Bonchev–Trinajstić information content (AvgIpc) is 3.24. The van der Waals surface area contributed by atoms with Crippen molar-refractivity contribution in [1.82, 2.24) is 5.06 Å². The number of carboxylic acid groups (broad SMARTS) is 1. The van der Waals surface area contributed by atoms with E-state index in [1.807, 2.05) is 0 Å². The summed E-state index contributed by atoms with van der Waals surface area (Å²) in [5.41, 5.74) is -2.31. The predicted octanol–water partition coefficient (Wildman–Crippen LogP) is -3.58. The number of nitrogens with zero attached hydrogens (tertiary/aromatic N) is 2. The number of cyclic esters (lactones) is 1. The summed E-state index contributed by atoms with van der Waals surface area (Å²) >= 11 is 1.25. The number of hydrogen-bond donors (Lipinski definition) is 0. The summed E-state index contributed by atoms with van der Waals surface area (Å²) in [4.78, 5) is 54.7. The largest absolute Gasteiger partial charge is 1.00 e. The molecule has 3 heterocycles. The quantitative estimate of drug-likeness (QED) is 0.386. The molecule has 11 heteroatoms. The third-order valence-corrected chi connectivity index (χ3v) is 5.00. The van der Waals surface area contributed by atoms with Crippen LogP contribution in [0.5, 0.6) is 0 Å². The third kappa shape index (κ3) is 3.27. The number of rotatable bonds is 4. The van der Waals surface area contributed by atoms with Crippen LogP contribution in [0.15, 0.2) is 17.5 Å². The molecule has 1 aromatic heterocycles. The molecule has 1 unspecified atom stereocenters. The number of hydroxylamine groups is 2. The van der Waals surface area contributed by atoms with Gasteiger partial charge in [0.1, 0.15) is 18.1 Å². The topological polar surface area (TPSA) is 116 Å². The van der Waals surface area contributed by atoms with Crippen molar-refractivity contribution >= 4 is 40.1 Å². The second-order valence-corrected chi connectivity index (χ2v) is 6.70. The molecule has 3 rings (SSSR count). The predicted molar refractivity (Wildman–Crippen MR) is 81.7 cm³/mol. The first-order valence-corrected chi connectivity index (χ1v) is 8.43. The number of carboxylic acids is 1. The number of thiophene rings is 1. The summed E-state index contributed by atoms with van der Waals surface area (Å²) < 4.78 is 4.87. The molecular weight excluding hydrogens is 375 g/mol. The summed E-state index contributed by atoms with van der Waals surface area (Å²) in [6.07, 6.45) is -1.30. The molecule has 0 saturated carbocycles. The Bertz CT molecular complexity index is 740. The Morgan fingerprint density at radius 2 is 2.12 bits per heavy atom. The number of carbonyl (C=O) groups is 4. The van der Waals surface area contributed by atoms with Gasteiger partial charge in [-0.1, -0.05) is 0 Å². The molecule has 0 aliphatic carbocycles. The minimum Gasteiger partial charge on any atom is -0.544 e. The molecule has 9 nitrogen and oxygen atoms in total. The Morgan fingerprint density at radius 3 is 2.58 bits per heavy atom. The molecule has 2 fully saturated rings. The maximum atomic E-state index is 12.9. The summed E-state index contributed by atoms with van der Waals surface area (Å²) in [7, 11) is 0. The van der Waals surface area contributed by atoms with Crippen LogP contribution in [0.3, 0.4) is 0 Å². The number of carbonyl (C=O) groups excluding carboxylic acids is 4. The molecule has 0 radical (unpaired) electrons. The zero-order chi connectivity index (χ0) is 18.4. The van der Waals surface area contributed by atoms with Crippen molar-refractivity contribution in [3.8, 4) is 0 Å². The smallest absolute Gasteiger partial charge is 0.544 e. The molecule has 3 atom stereocenters. The van der Waals surface area contributed by atoms with Gasteiger partial charge in [0.2, 0.25) is 5.91 Å². The minimum absolute atomic E-state index is 0. The number of hydrogen-bond acceptors (Lipinski definition) is 8. The fourth-order valence-corrected chi connectivity index (χ4v) is 3.82. The zero-order valence-corrected chi connectivity index (χ0v) is 17.3. The minimum atomic E-state index is -2.31. The summed E-state index contributed by atoms with van der Waals surface area (Å²) in [6, 6.07) is 2.31. The van der Waals surface area contributed by atoms with Crippen LogP contribution in [0.1, 0.15) is 26.7 Å². The van der Waals surface area contributed by atoms with Crippen molar-refractivity contribution in [2.75, 3.05) is 4.90 Å². The molecule has 2 aliphatic rings. The van der Waals surface area contributed by atoms with Crippen molar-refractivity contribution in [1.29, 1.82) is 0 Å². The Kier molecular flexibility index (Phi) is 6.13. The number of aliphatic carboxylic acids is 1. The Hall–Kier alpha value is -1.46. The normalized spacial score (nSPS) is 27.8. The van der Waals surface area contributed by atoms with Crippen molar-refractivity contribution in [2.45, 2.75) is 44.6 Å². The van der Waals surface area contributed by atoms with E-state index in [2.05, 4.69) is 0 Å². The van der Waals surface area contributed by atoms with E-state index in [-0.39, 0.29) is 42.4 Å². The van der Waals surface area contributed by atoms with Crippen LogP contribution < -0.4 is 39.6 Å². The van der Waals surface area contributed by atoms with E-state index in [1.165, 1.54) is 30.1 Å². The molecule has 0 aromatic carbocycles. The summed E-state index contributed by atoms with van der Waals surface area (Å²) in [6.45, 7) is 2.83. The van der Waals surface area contributed by atoms with Gasteiger partial charge in [-0.05, 0) is 24.4 Å². The van der Waals surface area contributed by atoms with Crippen LogP contribution in [-0.4, -0.2) is 46.7 Å². The fourth-order valence-electron chi connectivity index (χ4n) is 3.01. The molecule has 0 N–H and O–H groups in total. The first-order valence-electron chi connectivity index (χ1n) is 7.55. The van der Waals surface area contributed by atoms with Gasteiger partial charge in [0.15, 0.2) is 0 Å². The summed E-state index contributed by atoms with van der Waals surface area (Å²) in [5, 5.41) is 14.4. The van der Waals surface area contributed by atoms with E-state index < -0.39 is 41.6 Å². The van der Waals surface area contributed by atoms with E-state index >= 15 is 0 Å². The van der Waals surface area contributed by atoms with Gasteiger partial charge in [0.25, 0.3) is 11.6 Å². The van der Waals surface area contributed by atoms with Gasteiger partial charge in [-0.2, -0.15) is 5.06 Å². The molecule has 26 heavy (non-hydrogen) atoms. The number of esters is 1. The number of anilines is 1. The maximum absolute atomic E-state index is 12.9. The fraction of sp³-hybridized carbons (Fsp3) is 0.467. The molecule has 1 aromatic rings. The first kappa shape index (κ1) is 20.8. The standard InChI is InChI=1S/C15H16N2O7S.Na/c1-8-12(16(9(2)18)10-4-3-7-25-10)13(20)17(24-8)15(14(21)22)6-5-11(19)23-15;/h3-4,7-8,12H,5-6H2,1-2H3,(H,21,22);/q;+1/p-1/t8-,12+,15?;/m1./s1. The van der Waals surface area contributed by atoms with Crippen LogP contribution in [0.2, 0.25) is 0 Å². The van der Waals surface area contributed by atoms with Crippen molar-refractivity contribution in [3.63, 3.8) is 0 Å². The molecule has 2 amide bonds. The zero-order valence-electron chi connectivity index (χ0n) is 14.5. The van der Waals surface area contributed by atoms with E-state index in [1.54, 1.807) is 17.5 Å². The number of ether oxygens (including phenoxy) is 1. The van der Waals surface area contributed by atoms with E-state index in [0.717, 1.165) is 0 Å². The van der Waals surface area contributed by atoms with E-state index in [9.17, 15) is 24.3 Å². The van der Waals surface area contributed by atoms with Crippen molar-refractivity contribution in [3.05, 3.63) is 17.5 Å². The van der Waals surface area contributed by atoms with Gasteiger partial charge in [0, 0.05) is 13.3 Å². The number of amides is 2. The molecule has 2 aliphatic heterocycles. The SMILES string of the molecule is CC(=O)N(c1cccs1)[C@@H]1C(=O)N(C2(C(=O)[O-])CCC(=O)O2)O[C@@H]1C.[Na+]. The van der Waals surface area contributed by atoms with Gasteiger partial charge < -0.3 is 14.6 Å². The van der Waals surface area contributed by atoms with E-state index in [4.69, 9.17) is 9.57 Å². The summed E-state index contributed by atoms with van der Waals surface area (Å²) in [5.74, 6) is -3.69. The second-order valence-electron chi connectivity index (χ2n) is 5.77. The van der Waals surface area contributed by atoms with Gasteiger partial charge in [0.05, 0.1) is 11.4 Å². The Balaban J connectivity index is 0.00000243. The molecule has 134 valence electrons. The third-order valence-electron chi connectivity index (χ3n) is 4.13. The second kappa shape index (κ2) is 7.65.